The second kappa shape index (κ2) is 5.49. The van der Waals surface area contributed by atoms with E-state index in [0.717, 1.165) is 6.42 Å². The summed E-state index contributed by atoms with van der Waals surface area (Å²) in [5, 5.41) is 4.28. The van der Waals surface area contributed by atoms with E-state index in [9.17, 15) is 0 Å². The fourth-order valence-electron chi connectivity index (χ4n) is 3.07. The van der Waals surface area contributed by atoms with E-state index in [0.29, 0.717) is 10.7 Å². The third kappa shape index (κ3) is 2.76. The van der Waals surface area contributed by atoms with Gasteiger partial charge >= 0.3 is 0 Å². The SMILES string of the molecule is Cn1cc(CC2CCCc3ccccc3C2Br)cn1. The minimum absolute atomic E-state index is 0.464. The van der Waals surface area contributed by atoms with Gasteiger partial charge in [-0.15, -0.1) is 0 Å². The number of benzene rings is 1. The lowest BCUT2D eigenvalue weighted by molar-refractivity contribution is 0.475. The number of aryl methyl sites for hydroxylation is 2. The topological polar surface area (TPSA) is 17.8 Å². The number of nitrogens with zero attached hydrogens (tertiary/aromatic N) is 2. The summed E-state index contributed by atoms with van der Waals surface area (Å²) >= 11 is 3.94. The summed E-state index contributed by atoms with van der Waals surface area (Å²) in [6.45, 7) is 0. The van der Waals surface area contributed by atoms with Gasteiger partial charge in [-0.2, -0.15) is 5.10 Å². The first-order chi connectivity index (χ1) is 9.24. The summed E-state index contributed by atoms with van der Waals surface area (Å²) in [7, 11) is 1.98. The van der Waals surface area contributed by atoms with Crippen LogP contribution in [0.1, 0.15) is 34.4 Å². The molecule has 100 valence electrons. The molecule has 2 unspecified atom stereocenters. The monoisotopic (exact) mass is 318 g/mol. The number of rotatable bonds is 2. The van der Waals surface area contributed by atoms with Crippen molar-refractivity contribution in [2.75, 3.05) is 0 Å². The van der Waals surface area contributed by atoms with Gasteiger partial charge in [-0.3, -0.25) is 4.68 Å². The average molecular weight is 319 g/mol. The Labute approximate surface area is 123 Å². The van der Waals surface area contributed by atoms with Crippen molar-refractivity contribution in [3.05, 3.63) is 53.3 Å². The highest BCUT2D eigenvalue weighted by Gasteiger charge is 2.25. The minimum atomic E-state index is 0.464. The van der Waals surface area contributed by atoms with Crippen molar-refractivity contribution in [3.8, 4) is 0 Å². The Morgan fingerprint density at radius 1 is 1.37 bits per heavy atom. The van der Waals surface area contributed by atoms with E-state index in [2.05, 4.69) is 51.5 Å². The summed E-state index contributed by atoms with van der Waals surface area (Å²) in [5.74, 6) is 0.660. The highest BCUT2D eigenvalue weighted by atomic mass is 79.9. The summed E-state index contributed by atoms with van der Waals surface area (Å²) in [6.07, 6.45) is 9.01. The second-order valence-corrected chi connectivity index (χ2v) is 6.47. The first-order valence-corrected chi connectivity index (χ1v) is 7.85. The number of alkyl halides is 1. The molecule has 1 heterocycles. The normalized spacial score (nSPS) is 22.8. The molecule has 0 spiro atoms. The summed E-state index contributed by atoms with van der Waals surface area (Å²) in [6, 6.07) is 8.85. The predicted molar refractivity (Wildman–Crippen MR) is 81.5 cm³/mol. The number of hydrogen-bond acceptors (Lipinski definition) is 1. The number of halogens is 1. The lowest BCUT2D eigenvalue weighted by atomic mass is 9.91. The molecule has 1 aliphatic rings. The standard InChI is InChI=1S/C16H19BrN2/c1-19-11-12(10-18-19)9-14-7-4-6-13-5-2-3-8-15(13)16(14)17/h2-3,5,8,10-11,14,16H,4,6-7,9H2,1H3. The molecule has 0 saturated carbocycles. The van der Waals surface area contributed by atoms with Gasteiger partial charge in [0.15, 0.2) is 0 Å². The van der Waals surface area contributed by atoms with Gasteiger partial charge in [0.25, 0.3) is 0 Å². The van der Waals surface area contributed by atoms with Gasteiger partial charge in [0.1, 0.15) is 0 Å². The molecule has 2 atom stereocenters. The summed E-state index contributed by atoms with van der Waals surface area (Å²) in [5.41, 5.74) is 4.34. The fraction of sp³-hybridized carbons (Fsp3) is 0.438. The Morgan fingerprint density at radius 3 is 3.00 bits per heavy atom. The Kier molecular flexibility index (Phi) is 3.74. The van der Waals surface area contributed by atoms with Crippen LogP contribution >= 0.6 is 15.9 Å². The molecule has 1 aliphatic carbocycles. The van der Waals surface area contributed by atoms with Gasteiger partial charge < -0.3 is 0 Å². The number of fused-ring (bicyclic) bond motifs is 1. The molecule has 3 heteroatoms. The molecular weight excluding hydrogens is 300 g/mol. The van der Waals surface area contributed by atoms with E-state index < -0.39 is 0 Å². The zero-order valence-corrected chi connectivity index (χ0v) is 12.8. The van der Waals surface area contributed by atoms with Crippen molar-refractivity contribution in [1.82, 2.24) is 9.78 Å². The highest BCUT2D eigenvalue weighted by molar-refractivity contribution is 9.09. The van der Waals surface area contributed by atoms with E-state index >= 15 is 0 Å². The molecule has 3 rings (SSSR count). The molecule has 1 aromatic heterocycles. The van der Waals surface area contributed by atoms with Crippen LogP contribution < -0.4 is 0 Å². The quantitative estimate of drug-likeness (QED) is 0.603. The summed E-state index contributed by atoms with van der Waals surface area (Å²) in [4.78, 5) is 0.464. The molecule has 0 N–H and O–H groups in total. The smallest absolute Gasteiger partial charge is 0.0521 e. The largest absolute Gasteiger partial charge is 0.276 e. The van der Waals surface area contributed by atoms with Gasteiger partial charge in [0.2, 0.25) is 0 Å². The van der Waals surface area contributed by atoms with E-state index in [1.807, 2.05) is 17.9 Å². The number of hydrogen-bond donors (Lipinski definition) is 0. The van der Waals surface area contributed by atoms with Gasteiger partial charge in [0, 0.05) is 18.1 Å². The molecule has 0 aliphatic heterocycles. The zero-order valence-electron chi connectivity index (χ0n) is 11.2. The third-order valence-corrected chi connectivity index (χ3v) is 5.28. The van der Waals surface area contributed by atoms with Crippen LogP contribution in [-0.2, 0) is 19.9 Å². The van der Waals surface area contributed by atoms with Crippen LogP contribution in [0.4, 0.5) is 0 Å². The van der Waals surface area contributed by atoms with Gasteiger partial charge in [-0.05, 0) is 48.3 Å². The van der Waals surface area contributed by atoms with Crippen molar-refractivity contribution in [2.45, 2.75) is 30.5 Å². The van der Waals surface area contributed by atoms with Crippen LogP contribution in [0, 0.1) is 5.92 Å². The van der Waals surface area contributed by atoms with E-state index in [4.69, 9.17) is 0 Å². The van der Waals surface area contributed by atoms with Gasteiger partial charge in [-0.25, -0.2) is 0 Å². The lowest BCUT2D eigenvalue weighted by Gasteiger charge is -2.21. The van der Waals surface area contributed by atoms with Crippen molar-refractivity contribution in [2.24, 2.45) is 13.0 Å². The van der Waals surface area contributed by atoms with Crippen LogP contribution in [0.5, 0.6) is 0 Å². The molecule has 0 fully saturated rings. The molecule has 0 radical (unpaired) electrons. The van der Waals surface area contributed by atoms with Gasteiger partial charge in [0.05, 0.1) is 6.20 Å². The number of aromatic nitrogens is 2. The highest BCUT2D eigenvalue weighted by Crippen LogP contribution is 2.40. The summed E-state index contributed by atoms with van der Waals surface area (Å²) < 4.78 is 1.89. The molecule has 0 amide bonds. The Bertz CT molecular complexity index is 561. The van der Waals surface area contributed by atoms with E-state index in [-0.39, 0.29) is 0 Å². The lowest BCUT2D eigenvalue weighted by Crippen LogP contribution is -2.10. The maximum Gasteiger partial charge on any atom is 0.0521 e. The molecule has 0 bridgehead atoms. The first-order valence-electron chi connectivity index (χ1n) is 6.93. The van der Waals surface area contributed by atoms with E-state index in [1.54, 1.807) is 0 Å². The molecule has 2 nitrogen and oxygen atoms in total. The Balaban J connectivity index is 1.83. The van der Waals surface area contributed by atoms with Crippen molar-refractivity contribution in [1.29, 1.82) is 0 Å². The second-order valence-electron chi connectivity index (χ2n) is 5.48. The van der Waals surface area contributed by atoms with Crippen LogP contribution in [0.2, 0.25) is 0 Å². The first kappa shape index (κ1) is 12.9. The van der Waals surface area contributed by atoms with Crippen molar-refractivity contribution < 1.29 is 0 Å². The maximum absolute atomic E-state index is 4.28. The van der Waals surface area contributed by atoms with Crippen LogP contribution in [0.3, 0.4) is 0 Å². The van der Waals surface area contributed by atoms with Crippen LogP contribution in [0.25, 0.3) is 0 Å². The third-order valence-electron chi connectivity index (χ3n) is 4.04. The van der Waals surface area contributed by atoms with Crippen LogP contribution in [0.15, 0.2) is 36.7 Å². The van der Waals surface area contributed by atoms with Gasteiger partial charge in [-0.1, -0.05) is 40.2 Å². The minimum Gasteiger partial charge on any atom is -0.276 e. The fourth-order valence-corrected chi connectivity index (χ4v) is 3.97. The van der Waals surface area contributed by atoms with Crippen LogP contribution in [-0.4, -0.2) is 9.78 Å². The van der Waals surface area contributed by atoms with E-state index in [1.165, 1.54) is 36.0 Å². The Morgan fingerprint density at radius 2 is 2.21 bits per heavy atom. The zero-order chi connectivity index (χ0) is 13.2. The molecule has 2 aromatic rings. The molecular formula is C16H19BrN2. The molecule has 19 heavy (non-hydrogen) atoms. The predicted octanol–water partition coefficient (Wildman–Crippen LogP) is 4.05. The maximum atomic E-state index is 4.28. The van der Waals surface area contributed by atoms with Crippen molar-refractivity contribution in [3.63, 3.8) is 0 Å². The average Bonchev–Trinajstić information content (AvgIpc) is 2.75. The Hall–Kier alpha value is -1.09. The van der Waals surface area contributed by atoms with Crippen molar-refractivity contribution >= 4 is 15.9 Å². The molecule has 0 saturated heterocycles. The molecule has 1 aromatic carbocycles.